The maximum absolute atomic E-state index is 8.85. The minimum Gasteiger partial charge on any atom is -0.476 e. The zero-order valence-electron chi connectivity index (χ0n) is 10.0. The van der Waals surface area contributed by atoms with E-state index in [4.69, 9.17) is 9.84 Å². The normalized spacial score (nSPS) is 10.8. The van der Waals surface area contributed by atoms with Crippen LogP contribution in [0.2, 0.25) is 0 Å². The fourth-order valence-corrected chi connectivity index (χ4v) is 1.41. The van der Waals surface area contributed by atoms with Crippen LogP contribution in [0.25, 0.3) is 0 Å². The SMILES string of the molecule is CCN(CC)CCOc1ccc(CO)cn1. The highest BCUT2D eigenvalue weighted by Gasteiger charge is 2.00. The summed E-state index contributed by atoms with van der Waals surface area (Å²) in [6.07, 6.45) is 1.63. The van der Waals surface area contributed by atoms with Crippen LogP contribution in [0.4, 0.5) is 0 Å². The van der Waals surface area contributed by atoms with Crippen LogP contribution in [0.3, 0.4) is 0 Å². The minimum absolute atomic E-state index is 0.0206. The highest BCUT2D eigenvalue weighted by molar-refractivity contribution is 5.16. The first-order chi connectivity index (χ1) is 7.80. The lowest BCUT2D eigenvalue weighted by atomic mass is 10.3. The number of hydrogen-bond acceptors (Lipinski definition) is 4. The molecular formula is C12H20N2O2. The second-order valence-electron chi connectivity index (χ2n) is 3.54. The number of aliphatic hydroxyl groups is 1. The quantitative estimate of drug-likeness (QED) is 0.758. The second-order valence-corrected chi connectivity index (χ2v) is 3.54. The van der Waals surface area contributed by atoms with Gasteiger partial charge in [0.1, 0.15) is 6.61 Å². The van der Waals surface area contributed by atoms with Crippen LogP contribution in [-0.4, -0.2) is 41.2 Å². The Hall–Kier alpha value is -1.13. The van der Waals surface area contributed by atoms with Crippen LogP contribution in [0.1, 0.15) is 19.4 Å². The van der Waals surface area contributed by atoms with E-state index < -0.39 is 0 Å². The van der Waals surface area contributed by atoms with E-state index in [2.05, 4.69) is 23.7 Å². The van der Waals surface area contributed by atoms with Crippen LogP contribution in [0, 0.1) is 0 Å². The number of likely N-dealkylation sites (N-methyl/N-ethyl adjacent to an activating group) is 1. The molecule has 0 bridgehead atoms. The van der Waals surface area contributed by atoms with E-state index in [-0.39, 0.29) is 6.61 Å². The van der Waals surface area contributed by atoms with Crippen LogP contribution in [-0.2, 0) is 6.61 Å². The van der Waals surface area contributed by atoms with Gasteiger partial charge in [-0.2, -0.15) is 0 Å². The molecule has 0 aliphatic carbocycles. The fourth-order valence-electron chi connectivity index (χ4n) is 1.41. The maximum Gasteiger partial charge on any atom is 0.213 e. The van der Waals surface area contributed by atoms with Crippen molar-refractivity contribution in [1.82, 2.24) is 9.88 Å². The molecule has 1 rings (SSSR count). The minimum atomic E-state index is 0.0206. The molecule has 90 valence electrons. The topological polar surface area (TPSA) is 45.6 Å². The molecule has 4 nitrogen and oxygen atoms in total. The number of rotatable bonds is 7. The molecule has 0 saturated carbocycles. The van der Waals surface area contributed by atoms with Crippen molar-refractivity contribution in [3.8, 4) is 5.88 Å². The number of aromatic nitrogens is 1. The highest BCUT2D eigenvalue weighted by atomic mass is 16.5. The average Bonchev–Trinajstić information content (AvgIpc) is 2.35. The molecule has 0 amide bonds. The summed E-state index contributed by atoms with van der Waals surface area (Å²) < 4.78 is 5.51. The van der Waals surface area contributed by atoms with Crippen molar-refractivity contribution in [2.24, 2.45) is 0 Å². The molecule has 0 radical (unpaired) electrons. The van der Waals surface area contributed by atoms with Crippen molar-refractivity contribution < 1.29 is 9.84 Å². The first kappa shape index (κ1) is 12.9. The predicted octanol–water partition coefficient (Wildman–Crippen LogP) is 1.29. The monoisotopic (exact) mass is 224 g/mol. The third-order valence-electron chi connectivity index (χ3n) is 2.53. The van der Waals surface area contributed by atoms with Gasteiger partial charge in [-0.05, 0) is 24.7 Å². The van der Waals surface area contributed by atoms with E-state index in [0.717, 1.165) is 25.2 Å². The summed E-state index contributed by atoms with van der Waals surface area (Å²) in [7, 11) is 0. The lowest BCUT2D eigenvalue weighted by Gasteiger charge is -2.17. The van der Waals surface area contributed by atoms with Gasteiger partial charge in [0.05, 0.1) is 6.61 Å². The molecule has 0 atom stereocenters. The summed E-state index contributed by atoms with van der Waals surface area (Å²) in [5.41, 5.74) is 0.802. The molecule has 1 aromatic heterocycles. The van der Waals surface area contributed by atoms with E-state index in [0.29, 0.717) is 12.5 Å². The first-order valence-electron chi connectivity index (χ1n) is 5.71. The van der Waals surface area contributed by atoms with Crippen molar-refractivity contribution in [2.45, 2.75) is 20.5 Å². The Balaban J connectivity index is 2.31. The van der Waals surface area contributed by atoms with Crippen molar-refractivity contribution in [3.63, 3.8) is 0 Å². The Morgan fingerprint density at radius 1 is 1.31 bits per heavy atom. The summed E-state index contributed by atoms with van der Waals surface area (Å²) in [6, 6.07) is 3.60. The molecule has 1 aromatic rings. The van der Waals surface area contributed by atoms with Crippen molar-refractivity contribution >= 4 is 0 Å². The molecule has 0 fully saturated rings. The fraction of sp³-hybridized carbons (Fsp3) is 0.583. The molecule has 0 aliphatic rings. The Kier molecular flexibility index (Phi) is 5.82. The number of nitrogens with zero attached hydrogens (tertiary/aromatic N) is 2. The molecule has 16 heavy (non-hydrogen) atoms. The van der Waals surface area contributed by atoms with Gasteiger partial charge >= 0.3 is 0 Å². The van der Waals surface area contributed by atoms with Gasteiger partial charge in [-0.15, -0.1) is 0 Å². The van der Waals surface area contributed by atoms with Crippen LogP contribution < -0.4 is 4.74 Å². The Labute approximate surface area is 96.9 Å². The molecule has 0 saturated heterocycles. The summed E-state index contributed by atoms with van der Waals surface area (Å²) in [5.74, 6) is 0.615. The summed E-state index contributed by atoms with van der Waals surface area (Å²) in [5, 5.41) is 8.85. The van der Waals surface area contributed by atoms with Crippen LogP contribution >= 0.6 is 0 Å². The number of ether oxygens (including phenoxy) is 1. The van der Waals surface area contributed by atoms with E-state index in [1.807, 2.05) is 6.07 Å². The average molecular weight is 224 g/mol. The van der Waals surface area contributed by atoms with Crippen LogP contribution in [0.15, 0.2) is 18.3 Å². The van der Waals surface area contributed by atoms with Gasteiger partial charge in [-0.3, -0.25) is 0 Å². The molecule has 1 heterocycles. The van der Waals surface area contributed by atoms with E-state index in [1.54, 1.807) is 12.3 Å². The standard InChI is InChI=1S/C12H20N2O2/c1-3-14(4-2)7-8-16-12-6-5-11(10-15)9-13-12/h5-6,9,15H,3-4,7-8,10H2,1-2H3. The van der Waals surface area contributed by atoms with Gasteiger partial charge < -0.3 is 14.7 Å². The maximum atomic E-state index is 8.85. The van der Waals surface area contributed by atoms with E-state index in [9.17, 15) is 0 Å². The number of hydrogen-bond donors (Lipinski definition) is 1. The van der Waals surface area contributed by atoms with Gasteiger partial charge in [0, 0.05) is 18.8 Å². The molecule has 1 N–H and O–H groups in total. The van der Waals surface area contributed by atoms with Gasteiger partial charge in [0.25, 0.3) is 0 Å². The van der Waals surface area contributed by atoms with E-state index >= 15 is 0 Å². The van der Waals surface area contributed by atoms with Crippen molar-refractivity contribution in [3.05, 3.63) is 23.9 Å². The lowest BCUT2D eigenvalue weighted by molar-refractivity contribution is 0.217. The Morgan fingerprint density at radius 3 is 2.56 bits per heavy atom. The molecule has 4 heteroatoms. The largest absolute Gasteiger partial charge is 0.476 e. The zero-order valence-corrected chi connectivity index (χ0v) is 10.0. The van der Waals surface area contributed by atoms with Gasteiger partial charge in [0.2, 0.25) is 5.88 Å². The molecular weight excluding hydrogens is 204 g/mol. The summed E-state index contributed by atoms with van der Waals surface area (Å²) in [4.78, 5) is 6.39. The first-order valence-corrected chi connectivity index (χ1v) is 5.71. The number of pyridine rings is 1. The zero-order chi connectivity index (χ0) is 11.8. The van der Waals surface area contributed by atoms with E-state index in [1.165, 1.54) is 0 Å². The lowest BCUT2D eigenvalue weighted by Crippen LogP contribution is -2.28. The Morgan fingerprint density at radius 2 is 2.06 bits per heavy atom. The molecule has 0 aromatic carbocycles. The third kappa shape index (κ3) is 4.16. The summed E-state index contributed by atoms with van der Waals surface area (Å²) in [6.45, 7) is 7.93. The highest BCUT2D eigenvalue weighted by Crippen LogP contribution is 2.07. The van der Waals surface area contributed by atoms with Gasteiger partial charge in [-0.25, -0.2) is 4.98 Å². The molecule has 0 spiro atoms. The number of aliphatic hydroxyl groups excluding tert-OH is 1. The third-order valence-corrected chi connectivity index (χ3v) is 2.53. The smallest absolute Gasteiger partial charge is 0.213 e. The summed E-state index contributed by atoms with van der Waals surface area (Å²) >= 11 is 0. The molecule has 0 aliphatic heterocycles. The van der Waals surface area contributed by atoms with Gasteiger partial charge in [0.15, 0.2) is 0 Å². The predicted molar refractivity (Wildman–Crippen MR) is 63.4 cm³/mol. The Bertz CT molecular complexity index is 284. The van der Waals surface area contributed by atoms with Crippen molar-refractivity contribution in [2.75, 3.05) is 26.2 Å². The molecule has 0 unspecified atom stereocenters. The van der Waals surface area contributed by atoms with Crippen LogP contribution in [0.5, 0.6) is 5.88 Å². The second kappa shape index (κ2) is 7.19. The van der Waals surface area contributed by atoms with Crippen molar-refractivity contribution in [1.29, 1.82) is 0 Å². The van der Waals surface area contributed by atoms with Gasteiger partial charge in [-0.1, -0.05) is 13.8 Å².